The van der Waals surface area contributed by atoms with Gasteiger partial charge in [-0.3, -0.25) is 0 Å². The van der Waals surface area contributed by atoms with Crippen molar-refractivity contribution in [3.8, 4) is 11.5 Å². The van der Waals surface area contributed by atoms with Crippen LogP contribution in [0.3, 0.4) is 0 Å². The first-order valence-corrected chi connectivity index (χ1v) is 6.86. The van der Waals surface area contributed by atoms with Gasteiger partial charge in [0.25, 0.3) is 0 Å². The fourth-order valence-electron chi connectivity index (χ4n) is 1.86. The maximum atomic E-state index is 5.41. The van der Waals surface area contributed by atoms with Crippen LogP contribution in [-0.2, 0) is 4.74 Å². The number of nitrogens with one attached hydrogen (secondary N) is 1. The molecule has 0 amide bonds. The van der Waals surface area contributed by atoms with Gasteiger partial charge in [0.05, 0.1) is 20.8 Å². The number of hydrogen-bond donors (Lipinski definition) is 1. The lowest BCUT2D eigenvalue weighted by molar-refractivity contribution is 0.200. The summed E-state index contributed by atoms with van der Waals surface area (Å²) >= 11 is 0. The van der Waals surface area contributed by atoms with Gasteiger partial charge in [-0.2, -0.15) is 0 Å². The van der Waals surface area contributed by atoms with E-state index in [1.165, 1.54) is 5.57 Å². The van der Waals surface area contributed by atoms with E-state index < -0.39 is 0 Å². The fraction of sp³-hybridized carbons (Fsp3) is 0.500. The standard InChI is InChI=1S/C16H25NO3/c1-5-13(12-17-8-9-18-2)10-14-6-7-15(19-3)11-16(14)20-4/h6-7,10-11,17H,5,8-9,12H2,1-4H3. The molecule has 112 valence electrons. The summed E-state index contributed by atoms with van der Waals surface area (Å²) in [5, 5.41) is 3.36. The molecule has 0 bridgehead atoms. The van der Waals surface area contributed by atoms with Crippen molar-refractivity contribution in [3.05, 3.63) is 29.3 Å². The zero-order valence-corrected chi connectivity index (χ0v) is 12.9. The Bertz CT molecular complexity index is 430. The highest BCUT2D eigenvalue weighted by Crippen LogP contribution is 2.26. The normalized spacial score (nSPS) is 11.5. The van der Waals surface area contributed by atoms with Crippen LogP contribution in [0.1, 0.15) is 18.9 Å². The first-order valence-electron chi connectivity index (χ1n) is 6.86. The molecule has 0 saturated carbocycles. The van der Waals surface area contributed by atoms with Crippen LogP contribution in [0.15, 0.2) is 23.8 Å². The summed E-state index contributed by atoms with van der Waals surface area (Å²) in [5.74, 6) is 1.63. The lowest BCUT2D eigenvalue weighted by atomic mass is 10.1. The maximum absolute atomic E-state index is 5.41. The van der Waals surface area contributed by atoms with Crippen LogP contribution < -0.4 is 14.8 Å². The maximum Gasteiger partial charge on any atom is 0.129 e. The first kappa shape index (κ1) is 16.5. The first-order chi connectivity index (χ1) is 9.74. The molecule has 0 unspecified atom stereocenters. The fourth-order valence-corrected chi connectivity index (χ4v) is 1.86. The molecule has 1 N–H and O–H groups in total. The molecule has 4 heteroatoms. The Morgan fingerprint density at radius 2 is 2.00 bits per heavy atom. The number of methoxy groups -OCH3 is 3. The molecule has 1 aromatic carbocycles. The topological polar surface area (TPSA) is 39.7 Å². The molecule has 0 aliphatic carbocycles. The van der Waals surface area contributed by atoms with Gasteiger partial charge < -0.3 is 19.5 Å². The molecule has 0 atom stereocenters. The average molecular weight is 279 g/mol. The van der Waals surface area contributed by atoms with Gasteiger partial charge in [0.2, 0.25) is 0 Å². The lowest BCUT2D eigenvalue weighted by Crippen LogP contribution is -2.21. The zero-order chi connectivity index (χ0) is 14.8. The van der Waals surface area contributed by atoms with Gasteiger partial charge >= 0.3 is 0 Å². The monoisotopic (exact) mass is 279 g/mol. The van der Waals surface area contributed by atoms with E-state index in [-0.39, 0.29) is 0 Å². The molecule has 4 nitrogen and oxygen atoms in total. The van der Waals surface area contributed by atoms with Crippen molar-refractivity contribution in [2.24, 2.45) is 0 Å². The number of hydrogen-bond acceptors (Lipinski definition) is 4. The minimum absolute atomic E-state index is 0.725. The molecule has 0 spiro atoms. The van der Waals surface area contributed by atoms with Crippen molar-refractivity contribution >= 4 is 6.08 Å². The molecule has 0 aliphatic rings. The minimum Gasteiger partial charge on any atom is -0.497 e. The average Bonchev–Trinajstić information content (AvgIpc) is 2.50. The smallest absolute Gasteiger partial charge is 0.129 e. The van der Waals surface area contributed by atoms with Gasteiger partial charge in [-0.25, -0.2) is 0 Å². The number of rotatable bonds is 9. The summed E-state index contributed by atoms with van der Waals surface area (Å²) in [7, 11) is 5.04. The predicted molar refractivity (Wildman–Crippen MR) is 82.6 cm³/mol. The SMILES string of the molecule is CCC(=Cc1ccc(OC)cc1OC)CNCCOC. The quantitative estimate of drug-likeness (QED) is 0.706. The minimum atomic E-state index is 0.725. The van der Waals surface area contributed by atoms with E-state index in [4.69, 9.17) is 14.2 Å². The van der Waals surface area contributed by atoms with Gasteiger partial charge in [-0.05, 0) is 18.6 Å². The van der Waals surface area contributed by atoms with E-state index in [0.717, 1.165) is 43.2 Å². The summed E-state index contributed by atoms with van der Waals surface area (Å²) < 4.78 is 15.6. The van der Waals surface area contributed by atoms with E-state index in [1.807, 2.05) is 18.2 Å². The second-order valence-corrected chi connectivity index (χ2v) is 4.43. The molecule has 0 aromatic heterocycles. The molecule has 0 fully saturated rings. The van der Waals surface area contributed by atoms with Crippen molar-refractivity contribution in [2.45, 2.75) is 13.3 Å². The van der Waals surface area contributed by atoms with Crippen LogP contribution in [0.4, 0.5) is 0 Å². The van der Waals surface area contributed by atoms with Crippen molar-refractivity contribution in [1.82, 2.24) is 5.32 Å². The number of benzene rings is 1. The van der Waals surface area contributed by atoms with Gasteiger partial charge in [0, 0.05) is 31.8 Å². The van der Waals surface area contributed by atoms with Crippen LogP contribution >= 0.6 is 0 Å². The van der Waals surface area contributed by atoms with Crippen LogP contribution in [0.2, 0.25) is 0 Å². The Labute approximate surface area is 121 Å². The van der Waals surface area contributed by atoms with Crippen molar-refractivity contribution < 1.29 is 14.2 Å². The summed E-state index contributed by atoms with van der Waals surface area (Å²) in [6.45, 7) is 4.59. The van der Waals surface area contributed by atoms with E-state index in [9.17, 15) is 0 Å². The molecule has 20 heavy (non-hydrogen) atoms. The number of ether oxygens (including phenoxy) is 3. The summed E-state index contributed by atoms with van der Waals surface area (Å²) in [5.41, 5.74) is 2.39. The Hall–Kier alpha value is -1.52. The van der Waals surface area contributed by atoms with Crippen LogP contribution in [-0.4, -0.2) is 41.0 Å². The molecule has 1 aromatic rings. The highest BCUT2D eigenvalue weighted by Gasteiger charge is 2.04. The Morgan fingerprint density at radius 1 is 1.20 bits per heavy atom. The molecule has 0 saturated heterocycles. The van der Waals surface area contributed by atoms with Crippen LogP contribution in [0, 0.1) is 0 Å². The Kier molecular flexibility index (Phi) is 7.77. The molecule has 1 rings (SSSR count). The predicted octanol–water partition coefficient (Wildman–Crippen LogP) is 2.73. The second kappa shape index (κ2) is 9.39. The van der Waals surface area contributed by atoms with E-state index in [1.54, 1.807) is 21.3 Å². The van der Waals surface area contributed by atoms with Crippen molar-refractivity contribution in [1.29, 1.82) is 0 Å². The summed E-state index contributed by atoms with van der Waals surface area (Å²) in [6, 6.07) is 5.86. The lowest BCUT2D eigenvalue weighted by Gasteiger charge is -2.10. The molecular formula is C16H25NO3. The summed E-state index contributed by atoms with van der Waals surface area (Å²) in [4.78, 5) is 0. The Balaban J connectivity index is 2.78. The van der Waals surface area contributed by atoms with Gasteiger partial charge in [0.1, 0.15) is 11.5 Å². The van der Waals surface area contributed by atoms with Gasteiger partial charge in [-0.1, -0.05) is 18.6 Å². The third-order valence-corrected chi connectivity index (χ3v) is 3.09. The van der Waals surface area contributed by atoms with Crippen molar-refractivity contribution in [2.75, 3.05) is 41.0 Å². The third-order valence-electron chi connectivity index (χ3n) is 3.09. The summed E-state index contributed by atoms with van der Waals surface area (Å²) in [6.07, 6.45) is 3.16. The van der Waals surface area contributed by atoms with E-state index >= 15 is 0 Å². The molecular weight excluding hydrogens is 254 g/mol. The van der Waals surface area contributed by atoms with Crippen LogP contribution in [0.5, 0.6) is 11.5 Å². The molecule has 0 aliphatic heterocycles. The molecule has 0 heterocycles. The third kappa shape index (κ3) is 5.23. The van der Waals surface area contributed by atoms with Gasteiger partial charge in [-0.15, -0.1) is 0 Å². The van der Waals surface area contributed by atoms with Crippen LogP contribution in [0.25, 0.3) is 6.08 Å². The van der Waals surface area contributed by atoms with E-state index in [0.29, 0.717) is 0 Å². The van der Waals surface area contributed by atoms with Gasteiger partial charge in [0.15, 0.2) is 0 Å². The molecule has 0 radical (unpaired) electrons. The largest absolute Gasteiger partial charge is 0.497 e. The van der Waals surface area contributed by atoms with Crippen molar-refractivity contribution in [3.63, 3.8) is 0 Å². The Morgan fingerprint density at radius 3 is 2.60 bits per heavy atom. The highest BCUT2D eigenvalue weighted by atomic mass is 16.5. The van der Waals surface area contributed by atoms with E-state index in [2.05, 4.69) is 18.3 Å². The zero-order valence-electron chi connectivity index (χ0n) is 12.9. The second-order valence-electron chi connectivity index (χ2n) is 4.43. The highest BCUT2D eigenvalue weighted by molar-refractivity contribution is 5.61.